The van der Waals surface area contributed by atoms with E-state index in [1.165, 1.54) is 12.1 Å². The van der Waals surface area contributed by atoms with Gasteiger partial charge in [-0.1, -0.05) is 56.3 Å². The zero-order valence-electron chi connectivity index (χ0n) is 23.1. The molecule has 0 bridgehead atoms. The van der Waals surface area contributed by atoms with Crippen LogP contribution in [0.4, 0.5) is 10.5 Å². The molecule has 0 radical (unpaired) electrons. The van der Waals surface area contributed by atoms with Crippen LogP contribution in [0.25, 0.3) is 10.8 Å². The number of benzene rings is 3. The first-order chi connectivity index (χ1) is 18.4. The van der Waals surface area contributed by atoms with Crippen molar-refractivity contribution in [2.45, 2.75) is 71.2 Å². The fourth-order valence-corrected chi connectivity index (χ4v) is 4.55. The first kappa shape index (κ1) is 28.0. The van der Waals surface area contributed by atoms with Gasteiger partial charge in [-0.3, -0.25) is 9.59 Å². The van der Waals surface area contributed by atoms with Gasteiger partial charge in [0.15, 0.2) is 0 Å². The van der Waals surface area contributed by atoms with Crippen LogP contribution in [-0.2, 0) is 14.3 Å². The van der Waals surface area contributed by atoms with Crippen LogP contribution in [0.2, 0.25) is 0 Å². The number of carbonyl (C=O) groups is 3. The van der Waals surface area contributed by atoms with E-state index in [1.807, 2.05) is 56.3 Å². The van der Waals surface area contributed by atoms with Crippen molar-refractivity contribution in [3.63, 3.8) is 0 Å². The van der Waals surface area contributed by atoms with Crippen molar-refractivity contribution in [1.29, 1.82) is 0 Å². The molecular weight excluding hydrogens is 494 g/mol. The van der Waals surface area contributed by atoms with Crippen molar-refractivity contribution in [3.8, 4) is 5.75 Å². The number of phenols is 1. The van der Waals surface area contributed by atoms with Gasteiger partial charge in [0, 0.05) is 11.7 Å². The molecule has 4 rings (SSSR count). The molecule has 3 aromatic rings. The maximum atomic E-state index is 14.1. The maximum Gasteiger partial charge on any atom is 0.408 e. The Morgan fingerprint density at radius 1 is 0.949 bits per heavy atom. The molecule has 2 unspecified atom stereocenters. The average Bonchev–Trinajstić information content (AvgIpc) is 3.70. The highest BCUT2D eigenvalue weighted by atomic mass is 16.6. The number of fused-ring (bicyclic) bond motifs is 1. The molecule has 1 aliphatic carbocycles. The van der Waals surface area contributed by atoms with E-state index in [9.17, 15) is 19.5 Å². The monoisotopic (exact) mass is 531 g/mol. The van der Waals surface area contributed by atoms with Crippen molar-refractivity contribution in [2.75, 3.05) is 5.32 Å². The summed E-state index contributed by atoms with van der Waals surface area (Å²) in [6.45, 7) is 8.96. The van der Waals surface area contributed by atoms with E-state index in [0.717, 1.165) is 23.6 Å². The van der Waals surface area contributed by atoms with Crippen LogP contribution in [0, 0.1) is 5.92 Å². The lowest BCUT2D eigenvalue weighted by molar-refractivity contribution is -0.142. The van der Waals surface area contributed by atoms with Crippen LogP contribution in [0.1, 0.15) is 59.1 Å². The first-order valence-corrected chi connectivity index (χ1v) is 13.3. The molecule has 0 spiro atoms. The fourth-order valence-electron chi connectivity index (χ4n) is 4.55. The second kappa shape index (κ2) is 11.4. The van der Waals surface area contributed by atoms with Gasteiger partial charge in [0.2, 0.25) is 5.91 Å². The number of phenolic OH excluding ortho intramolecular Hbond substituents is 1. The molecule has 0 aliphatic heterocycles. The number of nitrogens with one attached hydrogen (secondary N) is 2. The lowest BCUT2D eigenvalue weighted by Gasteiger charge is -2.35. The van der Waals surface area contributed by atoms with Crippen LogP contribution < -0.4 is 10.6 Å². The lowest BCUT2D eigenvalue weighted by atomic mass is 9.98. The minimum atomic E-state index is -0.973. The smallest absolute Gasteiger partial charge is 0.408 e. The Kier molecular flexibility index (Phi) is 8.14. The Labute approximate surface area is 229 Å². The molecule has 3 aromatic carbocycles. The number of anilines is 1. The second-order valence-electron chi connectivity index (χ2n) is 11.4. The van der Waals surface area contributed by atoms with Crippen molar-refractivity contribution in [2.24, 2.45) is 5.92 Å². The lowest BCUT2D eigenvalue weighted by Crippen LogP contribution is -2.55. The molecule has 206 valence electrons. The van der Waals surface area contributed by atoms with E-state index in [0.29, 0.717) is 11.3 Å². The summed E-state index contributed by atoms with van der Waals surface area (Å²) in [5.74, 6) is -0.931. The minimum absolute atomic E-state index is 0.0587. The molecule has 39 heavy (non-hydrogen) atoms. The Bertz CT molecular complexity index is 1340. The highest BCUT2D eigenvalue weighted by Crippen LogP contribution is 2.37. The number of nitrogens with zero attached hydrogens (tertiary/aromatic N) is 1. The Hall–Kier alpha value is -4.07. The zero-order valence-corrected chi connectivity index (χ0v) is 23.1. The van der Waals surface area contributed by atoms with Crippen molar-refractivity contribution >= 4 is 34.4 Å². The predicted molar refractivity (Wildman–Crippen MR) is 151 cm³/mol. The molecular formula is C31H37N3O5. The van der Waals surface area contributed by atoms with Gasteiger partial charge >= 0.3 is 6.09 Å². The van der Waals surface area contributed by atoms with E-state index in [2.05, 4.69) is 10.6 Å². The minimum Gasteiger partial charge on any atom is -0.508 e. The number of hydrogen-bond donors (Lipinski definition) is 3. The quantitative estimate of drug-likeness (QED) is 0.342. The number of aromatic hydroxyl groups is 1. The summed E-state index contributed by atoms with van der Waals surface area (Å²) >= 11 is 0. The number of hydrogen-bond acceptors (Lipinski definition) is 5. The normalized spacial score (nSPS) is 14.9. The van der Waals surface area contributed by atoms with Crippen LogP contribution in [0.15, 0.2) is 66.7 Å². The van der Waals surface area contributed by atoms with E-state index >= 15 is 0 Å². The summed E-state index contributed by atoms with van der Waals surface area (Å²) < 4.78 is 5.42. The number of ether oxygens (including phenoxy) is 1. The molecule has 0 saturated heterocycles. The molecule has 3 N–H and O–H groups in total. The third-order valence-corrected chi connectivity index (χ3v) is 6.55. The van der Waals surface area contributed by atoms with Crippen molar-refractivity contribution in [1.82, 2.24) is 10.2 Å². The summed E-state index contributed by atoms with van der Waals surface area (Å²) in [6.07, 6.45) is 0.814. The van der Waals surface area contributed by atoms with Gasteiger partial charge in [-0.05, 0) is 80.1 Å². The molecule has 1 aliphatic rings. The molecule has 8 heteroatoms. The molecule has 0 aromatic heterocycles. The number of carbonyl (C=O) groups excluding carboxylic acids is 3. The number of amides is 3. The van der Waals surface area contributed by atoms with Crippen LogP contribution in [0.5, 0.6) is 5.75 Å². The standard InChI is InChI=1S/C31H37N3O5/c1-19(2)26(33-30(38)39-31(3,4)5)29(37)34(24-14-15-24)27(21-11-16-25(35)17-12-21)28(36)32-23-13-10-20-8-6-7-9-22(20)18-23/h6-13,16-19,24,26-27,35H,14-15H2,1-5H3,(H,32,36)(H,33,38). The van der Waals surface area contributed by atoms with Crippen LogP contribution >= 0.6 is 0 Å². The van der Waals surface area contributed by atoms with Gasteiger partial charge < -0.3 is 25.4 Å². The van der Waals surface area contributed by atoms with Gasteiger partial charge in [0.25, 0.3) is 5.91 Å². The zero-order chi connectivity index (χ0) is 28.3. The second-order valence-corrected chi connectivity index (χ2v) is 11.4. The Balaban J connectivity index is 1.68. The first-order valence-electron chi connectivity index (χ1n) is 13.3. The Morgan fingerprint density at radius 2 is 1.59 bits per heavy atom. The summed E-state index contributed by atoms with van der Waals surface area (Å²) in [5, 5.41) is 17.7. The third kappa shape index (κ3) is 7.07. The van der Waals surface area contributed by atoms with E-state index in [4.69, 9.17) is 4.74 Å². The topological polar surface area (TPSA) is 108 Å². The molecule has 1 fully saturated rings. The predicted octanol–water partition coefficient (Wildman–Crippen LogP) is 5.77. The SMILES string of the molecule is CC(C)C(NC(=O)OC(C)(C)C)C(=O)N(C1CC1)C(C(=O)Nc1ccc2ccccc2c1)c1ccc(O)cc1. The Morgan fingerprint density at radius 3 is 2.18 bits per heavy atom. The third-order valence-electron chi connectivity index (χ3n) is 6.55. The van der Waals surface area contributed by atoms with Gasteiger partial charge in [-0.15, -0.1) is 0 Å². The summed E-state index contributed by atoms with van der Waals surface area (Å²) in [4.78, 5) is 42.3. The molecule has 1 saturated carbocycles. The maximum absolute atomic E-state index is 14.1. The van der Waals surface area contributed by atoms with Crippen molar-refractivity contribution < 1.29 is 24.2 Å². The molecule has 3 amide bonds. The molecule has 8 nitrogen and oxygen atoms in total. The van der Waals surface area contributed by atoms with Crippen molar-refractivity contribution in [3.05, 3.63) is 72.3 Å². The molecule has 2 atom stereocenters. The van der Waals surface area contributed by atoms with E-state index in [1.54, 1.807) is 37.8 Å². The van der Waals surface area contributed by atoms with Gasteiger partial charge in [0.05, 0.1) is 0 Å². The fraction of sp³-hybridized carbons (Fsp3) is 0.387. The summed E-state index contributed by atoms with van der Waals surface area (Å²) in [7, 11) is 0. The highest BCUT2D eigenvalue weighted by molar-refractivity contribution is 6.00. The summed E-state index contributed by atoms with van der Waals surface area (Å²) in [6, 6.07) is 17.8. The van der Waals surface area contributed by atoms with Gasteiger partial charge in [-0.25, -0.2) is 4.79 Å². The number of rotatable bonds is 8. The van der Waals surface area contributed by atoms with Crippen LogP contribution in [0.3, 0.4) is 0 Å². The van der Waals surface area contributed by atoms with E-state index < -0.39 is 23.8 Å². The van der Waals surface area contributed by atoms with Crippen LogP contribution in [-0.4, -0.2) is 45.6 Å². The van der Waals surface area contributed by atoms with Gasteiger partial charge in [0.1, 0.15) is 23.4 Å². The molecule has 0 heterocycles. The average molecular weight is 532 g/mol. The highest BCUT2D eigenvalue weighted by Gasteiger charge is 2.44. The number of alkyl carbamates (subject to hydrolysis) is 1. The summed E-state index contributed by atoms with van der Waals surface area (Å²) in [5.41, 5.74) is 0.447. The van der Waals surface area contributed by atoms with Gasteiger partial charge in [-0.2, -0.15) is 0 Å². The van der Waals surface area contributed by atoms with E-state index in [-0.39, 0.29) is 29.5 Å². The largest absolute Gasteiger partial charge is 0.508 e.